The summed E-state index contributed by atoms with van der Waals surface area (Å²) in [5.74, 6) is 0.406. The zero-order valence-electron chi connectivity index (χ0n) is 8.94. The van der Waals surface area contributed by atoms with Gasteiger partial charge < -0.3 is 4.90 Å². The first-order valence-electron chi connectivity index (χ1n) is 4.97. The fraction of sp³-hybridized carbons (Fsp3) is 0.889. The predicted molar refractivity (Wildman–Crippen MR) is 62.8 cm³/mol. The maximum atomic E-state index is 11.8. The zero-order chi connectivity index (χ0) is 11.6. The molecule has 1 saturated heterocycles. The van der Waals surface area contributed by atoms with E-state index in [0.29, 0.717) is 13.1 Å². The van der Waals surface area contributed by atoms with Crippen molar-refractivity contribution in [2.75, 3.05) is 24.6 Å². The van der Waals surface area contributed by atoms with Crippen LogP contribution in [-0.2, 0) is 14.6 Å². The third-order valence-corrected chi connectivity index (χ3v) is 5.54. The molecular formula is C9H16BrNO3S. The van der Waals surface area contributed by atoms with Crippen LogP contribution in [0.4, 0.5) is 0 Å². The third kappa shape index (κ3) is 3.45. The van der Waals surface area contributed by atoms with Crippen LogP contribution in [0.1, 0.15) is 13.8 Å². The van der Waals surface area contributed by atoms with Crippen molar-refractivity contribution in [3.63, 3.8) is 0 Å². The second kappa shape index (κ2) is 4.82. The lowest BCUT2D eigenvalue weighted by atomic mass is 10.1. The summed E-state index contributed by atoms with van der Waals surface area (Å²) < 4.78 is 22.3. The van der Waals surface area contributed by atoms with Gasteiger partial charge in [-0.2, -0.15) is 0 Å². The maximum absolute atomic E-state index is 11.8. The SMILES string of the molecule is CC(C)C(Br)C(=O)N1CCS(=O)(=O)CC1. The number of nitrogens with zero attached hydrogens (tertiary/aromatic N) is 1. The van der Waals surface area contributed by atoms with Gasteiger partial charge >= 0.3 is 0 Å². The molecule has 1 rings (SSSR count). The fourth-order valence-electron chi connectivity index (χ4n) is 1.39. The molecule has 0 aliphatic carbocycles. The molecule has 0 radical (unpaired) electrons. The third-order valence-electron chi connectivity index (χ3n) is 2.48. The van der Waals surface area contributed by atoms with Crippen molar-refractivity contribution in [1.29, 1.82) is 0 Å². The van der Waals surface area contributed by atoms with Gasteiger partial charge in [0, 0.05) is 13.1 Å². The quantitative estimate of drug-likeness (QED) is 0.704. The molecule has 0 aromatic rings. The van der Waals surface area contributed by atoms with E-state index in [2.05, 4.69) is 15.9 Å². The van der Waals surface area contributed by atoms with Gasteiger partial charge in [-0.3, -0.25) is 4.79 Å². The molecule has 1 aliphatic rings. The summed E-state index contributed by atoms with van der Waals surface area (Å²) in [5.41, 5.74) is 0. The summed E-state index contributed by atoms with van der Waals surface area (Å²) in [6, 6.07) is 0. The van der Waals surface area contributed by atoms with Gasteiger partial charge in [-0.15, -0.1) is 0 Å². The molecule has 4 nitrogen and oxygen atoms in total. The lowest BCUT2D eigenvalue weighted by molar-refractivity contribution is -0.130. The average molecular weight is 298 g/mol. The topological polar surface area (TPSA) is 54.5 Å². The monoisotopic (exact) mass is 297 g/mol. The summed E-state index contributed by atoms with van der Waals surface area (Å²) in [5, 5.41) is 0. The van der Waals surface area contributed by atoms with E-state index in [-0.39, 0.29) is 28.2 Å². The summed E-state index contributed by atoms with van der Waals surface area (Å²) in [4.78, 5) is 13.3. The highest BCUT2D eigenvalue weighted by atomic mass is 79.9. The van der Waals surface area contributed by atoms with Gasteiger partial charge in [-0.25, -0.2) is 8.42 Å². The van der Waals surface area contributed by atoms with Crippen molar-refractivity contribution in [1.82, 2.24) is 4.90 Å². The van der Waals surface area contributed by atoms with Gasteiger partial charge in [0.15, 0.2) is 9.84 Å². The Balaban J connectivity index is 2.57. The van der Waals surface area contributed by atoms with Crippen LogP contribution in [-0.4, -0.2) is 48.6 Å². The number of amides is 1. The van der Waals surface area contributed by atoms with E-state index >= 15 is 0 Å². The average Bonchev–Trinajstić information content (AvgIpc) is 2.15. The minimum atomic E-state index is -2.90. The van der Waals surface area contributed by atoms with E-state index in [4.69, 9.17) is 0 Å². The molecule has 0 N–H and O–H groups in total. The second-order valence-electron chi connectivity index (χ2n) is 4.12. The summed E-state index contributed by atoms with van der Waals surface area (Å²) >= 11 is 3.33. The number of halogens is 1. The summed E-state index contributed by atoms with van der Waals surface area (Å²) in [6.45, 7) is 4.57. The summed E-state index contributed by atoms with van der Waals surface area (Å²) in [6.07, 6.45) is 0. The van der Waals surface area contributed by atoms with E-state index in [9.17, 15) is 13.2 Å². The van der Waals surface area contributed by atoms with E-state index in [1.54, 1.807) is 4.90 Å². The molecular weight excluding hydrogens is 282 g/mol. The van der Waals surface area contributed by atoms with Gasteiger partial charge in [0.05, 0.1) is 16.3 Å². The van der Waals surface area contributed by atoms with Crippen LogP contribution in [0.5, 0.6) is 0 Å². The Morgan fingerprint density at radius 1 is 1.27 bits per heavy atom. The Bertz CT molecular complexity index is 325. The lowest BCUT2D eigenvalue weighted by Gasteiger charge is -2.29. The maximum Gasteiger partial charge on any atom is 0.236 e. The smallest absolute Gasteiger partial charge is 0.236 e. The highest BCUT2D eigenvalue weighted by Gasteiger charge is 2.29. The van der Waals surface area contributed by atoms with Gasteiger partial charge in [-0.05, 0) is 5.92 Å². The molecule has 1 fully saturated rings. The van der Waals surface area contributed by atoms with Crippen molar-refractivity contribution in [3.8, 4) is 0 Å². The van der Waals surface area contributed by atoms with Crippen LogP contribution < -0.4 is 0 Å². The molecule has 1 amide bonds. The molecule has 1 atom stereocenters. The van der Waals surface area contributed by atoms with Crippen molar-refractivity contribution in [2.45, 2.75) is 18.7 Å². The molecule has 0 aromatic heterocycles. The Labute approximate surface area is 99.1 Å². The number of rotatable bonds is 2. The zero-order valence-corrected chi connectivity index (χ0v) is 11.3. The van der Waals surface area contributed by atoms with E-state index < -0.39 is 9.84 Å². The Hall–Kier alpha value is -0.100. The molecule has 15 heavy (non-hydrogen) atoms. The largest absolute Gasteiger partial charge is 0.340 e. The molecule has 0 saturated carbocycles. The first kappa shape index (κ1) is 13.0. The summed E-state index contributed by atoms with van der Waals surface area (Å²) in [7, 11) is -2.90. The van der Waals surface area contributed by atoms with E-state index in [1.165, 1.54) is 0 Å². The van der Waals surface area contributed by atoms with E-state index in [0.717, 1.165) is 0 Å². The molecule has 0 spiro atoms. The van der Waals surface area contributed by atoms with Crippen LogP contribution in [0.3, 0.4) is 0 Å². The normalized spacial score (nSPS) is 22.8. The van der Waals surface area contributed by atoms with Crippen molar-refractivity contribution in [3.05, 3.63) is 0 Å². The number of hydrogen-bond donors (Lipinski definition) is 0. The highest BCUT2D eigenvalue weighted by molar-refractivity contribution is 9.10. The first-order valence-corrected chi connectivity index (χ1v) is 7.70. The van der Waals surface area contributed by atoms with Crippen LogP contribution in [0, 0.1) is 5.92 Å². The van der Waals surface area contributed by atoms with Gasteiger partial charge in [0.1, 0.15) is 0 Å². The lowest BCUT2D eigenvalue weighted by Crippen LogP contribution is -2.47. The number of carbonyl (C=O) groups excluding carboxylic acids is 1. The van der Waals surface area contributed by atoms with Gasteiger partial charge in [-0.1, -0.05) is 29.8 Å². The van der Waals surface area contributed by atoms with Crippen LogP contribution in [0.25, 0.3) is 0 Å². The minimum absolute atomic E-state index is 0.0000926. The van der Waals surface area contributed by atoms with Crippen LogP contribution in [0.15, 0.2) is 0 Å². The van der Waals surface area contributed by atoms with Crippen molar-refractivity contribution >= 4 is 31.7 Å². The number of carbonyl (C=O) groups is 1. The minimum Gasteiger partial charge on any atom is -0.340 e. The standard InChI is InChI=1S/C9H16BrNO3S/c1-7(2)8(10)9(12)11-3-5-15(13,14)6-4-11/h7-8H,3-6H2,1-2H3. The molecule has 1 unspecified atom stereocenters. The van der Waals surface area contributed by atoms with Crippen LogP contribution in [0.2, 0.25) is 0 Å². The van der Waals surface area contributed by atoms with Gasteiger partial charge in [0.2, 0.25) is 5.91 Å². The number of sulfone groups is 1. The van der Waals surface area contributed by atoms with E-state index in [1.807, 2.05) is 13.8 Å². The molecule has 6 heteroatoms. The fourth-order valence-corrected chi connectivity index (χ4v) is 2.88. The molecule has 0 bridgehead atoms. The number of alkyl halides is 1. The molecule has 1 heterocycles. The van der Waals surface area contributed by atoms with Crippen LogP contribution >= 0.6 is 15.9 Å². The Kier molecular flexibility index (Phi) is 4.17. The Morgan fingerprint density at radius 2 is 1.73 bits per heavy atom. The first-order chi connectivity index (χ1) is 6.83. The second-order valence-corrected chi connectivity index (χ2v) is 7.41. The molecule has 1 aliphatic heterocycles. The predicted octanol–water partition coefficient (Wildman–Crippen LogP) is 0.663. The molecule has 0 aromatic carbocycles. The van der Waals surface area contributed by atoms with Crippen molar-refractivity contribution < 1.29 is 13.2 Å². The highest BCUT2D eigenvalue weighted by Crippen LogP contribution is 2.16. The number of hydrogen-bond acceptors (Lipinski definition) is 3. The molecule has 88 valence electrons. The van der Waals surface area contributed by atoms with Crippen molar-refractivity contribution in [2.24, 2.45) is 5.92 Å². The van der Waals surface area contributed by atoms with Gasteiger partial charge in [0.25, 0.3) is 0 Å². The Morgan fingerprint density at radius 3 is 2.13 bits per heavy atom.